The molecule has 5 heterocycles. The zero-order valence-electron chi connectivity index (χ0n) is 19.1. The molecule has 2 N–H and O–H groups in total. The van der Waals surface area contributed by atoms with Gasteiger partial charge in [-0.05, 0) is 62.4 Å². The lowest BCUT2D eigenvalue weighted by Gasteiger charge is -2.44. The van der Waals surface area contributed by atoms with Gasteiger partial charge in [-0.3, -0.25) is 29.5 Å². The maximum atomic E-state index is 13.1. The summed E-state index contributed by atoms with van der Waals surface area (Å²) in [5.41, 5.74) is 2.95. The number of nitrogens with zero attached hydrogens (tertiary/aromatic N) is 3. The number of rotatable bonds is 4. The second-order valence-corrected chi connectivity index (χ2v) is 10.3. The molecule has 3 amide bonds. The summed E-state index contributed by atoms with van der Waals surface area (Å²) < 4.78 is 0. The Labute approximate surface area is 194 Å². The molecule has 0 radical (unpaired) electrons. The molecule has 0 aliphatic carbocycles. The molecule has 0 aromatic heterocycles. The van der Waals surface area contributed by atoms with Gasteiger partial charge >= 0.3 is 0 Å². The molecule has 4 fully saturated rings. The van der Waals surface area contributed by atoms with Crippen LogP contribution in [0.15, 0.2) is 18.2 Å². The Hall–Kier alpha value is -2.29. The van der Waals surface area contributed by atoms with Crippen LogP contribution in [-0.2, 0) is 22.7 Å². The first-order chi connectivity index (χ1) is 16.1. The number of fused-ring (bicyclic) bond motifs is 3. The highest BCUT2D eigenvalue weighted by Crippen LogP contribution is 2.34. The van der Waals surface area contributed by atoms with E-state index in [1.165, 1.54) is 31.2 Å². The fraction of sp³-hybridized carbons (Fsp3) is 0.640. The second-order valence-electron chi connectivity index (χ2n) is 10.3. The van der Waals surface area contributed by atoms with Gasteiger partial charge < -0.3 is 10.2 Å². The molecule has 8 heteroatoms. The third kappa shape index (κ3) is 3.78. The number of likely N-dealkylation sites (tertiary alicyclic amines) is 1. The Balaban J connectivity index is 1.11. The van der Waals surface area contributed by atoms with Crippen LogP contribution >= 0.6 is 0 Å². The monoisotopic (exact) mass is 451 g/mol. The SMILES string of the molecule is O=C1CCC(N2Cc3c(CN4CCC(N5C6CCC5CNC6)CC4)cccc3C2=O)C(=O)N1. The summed E-state index contributed by atoms with van der Waals surface area (Å²) in [7, 11) is 0. The third-order valence-corrected chi connectivity index (χ3v) is 8.49. The third-order valence-electron chi connectivity index (χ3n) is 8.49. The van der Waals surface area contributed by atoms with Crippen molar-refractivity contribution >= 4 is 17.7 Å². The number of hydrogen-bond acceptors (Lipinski definition) is 6. The van der Waals surface area contributed by atoms with Gasteiger partial charge in [-0.1, -0.05) is 12.1 Å². The summed E-state index contributed by atoms with van der Waals surface area (Å²) in [6.45, 7) is 5.76. The molecule has 0 spiro atoms. The lowest BCUT2D eigenvalue weighted by molar-refractivity contribution is -0.136. The Morgan fingerprint density at radius 3 is 2.39 bits per heavy atom. The molecule has 176 valence electrons. The highest BCUT2D eigenvalue weighted by atomic mass is 16.2. The van der Waals surface area contributed by atoms with Crippen LogP contribution in [0, 0.1) is 0 Å². The van der Waals surface area contributed by atoms with Crippen LogP contribution in [0.5, 0.6) is 0 Å². The first kappa shape index (κ1) is 21.3. The molecule has 33 heavy (non-hydrogen) atoms. The number of carbonyl (C=O) groups excluding carboxylic acids is 3. The van der Waals surface area contributed by atoms with E-state index < -0.39 is 6.04 Å². The van der Waals surface area contributed by atoms with Crippen LogP contribution in [0.25, 0.3) is 0 Å². The number of piperidine rings is 2. The summed E-state index contributed by atoms with van der Waals surface area (Å²) in [5.74, 6) is -0.689. The van der Waals surface area contributed by atoms with Crippen LogP contribution in [0.3, 0.4) is 0 Å². The molecule has 5 aliphatic rings. The number of amides is 3. The number of piperazine rings is 1. The topological polar surface area (TPSA) is 85.0 Å². The van der Waals surface area contributed by atoms with Crippen LogP contribution in [0.1, 0.15) is 60.0 Å². The van der Waals surface area contributed by atoms with E-state index in [4.69, 9.17) is 0 Å². The van der Waals surface area contributed by atoms with Crippen molar-refractivity contribution in [2.75, 3.05) is 26.2 Å². The number of carbonyl (C=O) groups is 3. The Kier molecular flexibility index (Phi) is 5.47. The van der Waals surface area contributed by atoms with Gasteiger partial charge in [-0.15, -0.1) is 0 Å². The van der Waals surface area contributed by atoms with E-state index in [0.29, 0.717) is 24.6 Å². The van der Waals surface area contributed by atoms with E-state index in [-0.39, 0.29) is 24.1 Å². The highest BCUT2D eigenvalue weighted by molar-refractivity contribution is 6.05. The van der Waals surface area contributed by atoms with E-state index in [2.05, 4.69) is 26.5 Å². The average Bonchev–Trinajstić information content (AvgIpc) is 3.27. The van der Waals surface area contributed by atoms with Crippen LogP contribution in [0.2, 0.25) is 0 Å². The molecule has 6 rings (SSSR count). The lowest BCUT2D eigenvalue weighted by Crippen LogP contribution is -2.57. The van der Waals surface area contributed by atoms with Gasteiger partial charge in [-0.25, -0.2) is 0 Å². The van der Waals surface area contributed by atoms with Crippen LogP contribution in [0.4, 0.5) is 0 Å². The zero-order valence-corrected chi connectivity index (χ0v) is 19.1. The maximum Gasteiger partial charge on any atom is 0.255 e. The minimum absolute atomic E-state index is 0.0887. The first-order valence-corrected chi connectivity index (χ1v) is 12.5. The largest absolute Gasteiger partial charge is 0.322 e. The number of nitrogens with one attached hydrogen (secondary N) is 2. The predicted molar refractivity (Wildman–Crippen MR) is 122 cm³/mol. The van der Waals surface area contributed by atoms with Gasteiger partial charge in [0.2, 0.25) is 11.8 Å². The van der Waals surface area contributed by atoms with Gasteiger partial charge in [0.15, 0.2) is 0 Å². The molecule has 1 aromatic carbocycles. The molecular formula is C25H33N5O3. The Morgan fingerprint density at radius 1 is 0.909 bits per heavy atom. The summed E-state index contributed by atoms with van der Waals surface area (Å²) in [6.07, 6.45) is 5.79. The second kappa shape index (κ2) is 8.49. The molecule has 3 unspecified atom stereocenters. The van der Waals surface area contributed by atoms with Gasteiger partial charge in [-0.2, -0.15) is 0 Å². The molecule has 1 aromatic rings. The fourth-order valence-electron chi connectivity index (χ4n) is 6.82. The zero-order chi connectivity index (χ0) is 22.5. The van der Waals surface area contributed by atoms with Crippen molar-refractivity contribution in [2.45, 2.75) is 75.8 Å². The van der Waals surface area contributed by atoms with Gasteiger partial charge in [0.1, 0.15) is 6.04 Å². The normalized spacial score (nSPS) is 31.2. The number of hydrogen-bond donors (Lipinski definition) is 2. The molecule has 8 nitrogen and oxygen atoms in total. The number of benzene rings is 1. The number of imide groups is 1. The standard InChI is InChI=1S/C25H33N5O3/c31-23-7-6-22(24(32)27-23)29-15-21-16(2-1-3-20(21)25(29)33)14-28-10-8-17(9-11-28)30-18-4-5-19(30)13-26-12-18/h1-3,17-19,22,26H,4-15H2,(H,27,31,32). The van der Waals surface area contributed by atoms with E-state index in [9.17, 15) is 14.4 Å². The summed E-state index contributed by atoms with van der Waals surface area (Å²) in [5, 5.41) is 5.98. The van der Waals surface area contributed by atoms with Crippen molar-refractivity contribution < 1.29 is 14.4 Å². The minimum atomic E-state index is -0.555. The van der Waals surface area contributed by atoms with E-state index in [1.807, 2.05) is 12.1 Å². The van der Waals surface area contributed by atoms with Crippen molar-refractivity contribution in [3.63, 3.8) is 0 Å². The van der Waals surface area contributed by atoms with E-state index >= 15 is 0 Å². The minimum Gasteiger partial charge on any atom is -0.322 e. The molecule has 4 saturated heterocycles. The van der Waals surface area contributed by atoms with Crippen molar-refractivity contribution in [2.24, 2.45) is 0 Å². The van der Waals surface area contributed by atoms with Crippen molar-refractivity contribution in [1.82, 2.24) is 25.3 Å². The molecule has 0 saturated carbocycles. The average molecular weight is 452 g/mol. The Morgan fingerprint density at radius 2 is 1.67 bits per heavy atom. The Bertz CT molecular complexity index is 957. The quantitative estimate of drug-likeness (QED) is 0.661. The van der Waals surface area contributed by atoms with Gasteiger partial charge in [0.05, 0.1) is 0 Å². The van der Waals surface area contributed by atoms with Crippen LogP contribution in [-0.4, -0.2) is 82.8 Å². The smallest absolute Gasteiger partial charge is 0.255 e. The lowest BCUT2D eigenvalue weighted by atomic mass is 9.98. The summed E-state index contributed by atoms with van der Waals surface area (Å²) in [4.78, 5) is 44.0. The molecule has 3 atom stereocenters. The van der Waals surface area contributed by atoms with Gasteiger partial charge in [0.25, 0.3) is 5.91 Å². The summed E-state index contributed by atoms with van der Waals surface area (Å²) in [6, 6.07) is 7.56. The van der Waals surface area contributed by atoms with E-state index in [1.54, 1.807) is 4.90 Å². The van der Waals surface area contributed by atoms with Crippen molar-refractivity contribution in [1.29, 1.82) is 0 Å². The van der Waals surface area contributed by atoms with Crippen molar-refractivity contribution in [3.8, 4) is 0 Å². The van der Waals surface area contributed by atoms with Crippen LogP contribution < -0.4 is 10.6 Å². The highest BCUT2D eigenvalue weighted by Gasteiger charge is 2.42. The van der Waals surface area contributed by atoms with Crippen molar-refractivity contribution in [3.05, 3.63) is 34.9 Å². The molecule has 2 bridgehead atoms. The fourth-order valence-corrected chi connectivity index (χ4v) is 6.82. The molecule has 5 aliphatic heterocycles. The first-order valence-electron chi connectivity index (χ1n) is 12.5. The predicted octanol–water partition coefficient (Wildman–Crippen LogP) is 0.848. The van der Waals surface area contributed by atoms with E-state index in [0.717, 1.165) is 50.4 Å². The molecular weight excluding hydrogens is 418 g/mol. The van der Waals surface area contributed by atoms with Gasteiger partial charge in [0, 0.05) is 56.3 Å². The summed E-state index contributed by atoms with van der Waals surface area (Å²) >= 11 is 0. The maximum absolute atomic E-state index is 13.1.